The van der Waals surface area contributed by atoms with Crippen molar-refractivity contribution in [2.45, 2.75) is 0 Å². The van der Waals surface area contributed by atoms with Crippen LogP contribution in [0.3, 0.4) is 0 Å². The Hall–Kier alpha value is -2.62. The van der Waals surface area contributed by atoms with Crippen LogP contribution in [0, 0.1) is 0 Å². The van der Waals surface area contributed by atoms with Crippen LogP contribution in [0.15, 0.2) is 34.7 Å². The number of aliphatic hydroxyl groups is 1. The summed E-state index contributed by atoms with van der Waals surface area (Å²) in [5.41, 5.74) is 1.53. The number of nitrogens with zero attached hydrogens (tertiary/aromatic N) is 7. The standard InChI is InChI=1S/C21H26ClN7O2/c22-16-1-2-17-18(15-16)31-21(23-17)29-11-9-28(10-12-29)20-4-3-19(24-25-20)27-7-5-26(6-8-27)13-14-30/h1-4,15,30H,5-14H2. The summed E-state index contributed by atoms with van der Waals surface area (Å²) < 4.78 is 5.90. The molecule has 3 aromatic rings. The van der Waals surface area contributed by atoms with Gasteiger partial charge in [0.15, 0.2) is 17.2 Å². The summed E-state index contributed by atoms with van der Waals surface area (Å²) in [6.45, 7) is 7.89. The lowest BCUT2D eigenvalue weighted by Gasteiger charge is -2.36. The number of benzene rings is 1. The van der Waals surface area contributed by atoms with E-state index in [1.807, 2.05) is 12.1 Å². The number of hydrogen-bond donors (Lipinski definition) is 1. The molecule has 2 aliphatic heterocycles. The van der Waals surface area contributed by atoms with E-state index in [1.165, 1.54) is 0 Å². The predicted molar refractivity (Wildman–Crippen MR) is 121 cm³/mol. The highest BCUT2D eigenvalue weighted by atomic mass is 35.5. The molecule has 0 atom stereocenters. The monoisotopic (exact) mass is 443 g/mol. The minimum Gasteiger partial charge on any atom is -0.423 e. The largest absolute Gasteiger partial charge is 0.423 e. The number of anilines is 3. The number of halogens is 1. The molecule has 0 amide bonds. The van der Waals surface area contributed by atoms with Crippen molar-refractivity contribution in [3.8, 4) is 0 Å². The maximum absolute atomic E-state index is 9.08. The lowest BCUT2D eigenvalue weighted by atomic mass is 10.3. The predicted octanol–water partition coefficient (Wildman–Crippen LogP) is 1.71. The Labute approximate surface area is 185 Å². The molecule has 2 fully saturated rings. The van der Waals surface area contributed by atoms with Crippen molar-refractivity contribution < 1.29 is 9.52 Å². The fraction of sp³-hybridized carbons (Fsp3) is 0.476. The lowest BCUT2D eigenvalue weighted by molar-refractivity contribution is 0.188. The number of fused-ring (bicyclic) bond motifs is 1. The van der Waals surface area contributed by atoms with Gasteiger partial charge in [0, 0.05) is 70.0 Å². The molecule has 0 unspecified atom stereocenters. The van der Waals surface area contributed by atoms with Crippen LogP contribution >= 0.6 is 11.6 Å². The summed E-state index contributed by atoms with van der Waals surface area (Å²) in [6.07, 6.45) is 0. The molecule has 1 aromatic carbocycles. The van der Waals surface area contributed by atoms with Gasteiger partial charge in [-0.2, -0.15) is 4.98 Å². The third-order valence-corrected chi connectivity index (χ3v) is 6.20. The van der Waals surface area contributed by atoms with Gasteiger partial charge in [-0.25, -0.2) is 0 Å². The Morgan fingerprint density at radius 1 is 0.839 bits per heavy atom. The molecule has 0 radical (unpaired) electrons. The van der Waals surface area contributed by atoms with E-state index in [1.54, 1.807) is 6.07 Å². The molecule has 2 aromatic heterocycles. The molecule has 4 heterocycles. The molecule has 0 saturated carbocycles. The first kappa shape index (κ1) is 20.3. The fourth-order valence-corrected chi connectivity index (χ4v) is 4.31. The Kier molecular flexibility index (Phi) is 5.80. The van der Waals surface area contributed by atoms with Crippen molar-refractivity contribution in [1.82, 2.24) is 20.1 Å². The van der Waals surface area contributed by atoms with E-state index in [9.17, 15) is 0 Å². The quantitative estimate of drug-likeness (QED) is 0.633. The summed E-state index contributed by atoms with van der Waals surface area (Å²) in [7, 11) is 0. The van der Waals surface area contributed by atoms with Gasteiger partial charge in [-0.05, 0) is 24.3 Å². The third kappa shape index (κ3) is 4.39. The summed E-state index contributed by atoms with van der Waals surface area (Å²) in [5.74, 6) is 1.81. The maximum atomic E-state index is 9.08. The van der Waals surface area contributed by atoms with Gasteiger partial charge in [0.05, 0.1) is 6.61 Å². The molecule has 0 spiro atoms. The summed E-state index contributed by atoms with van der Waals surface area (Å²) in [4.78, 5) is 13.5. The Morgan fingerprint density at radius 2 is 1.45 bits per heavy atom. The van der Waals surface area contributed by atoms with E-state index in [4.69, 9.17) is 21.1 Å². The second-order valence-corrected chi connectivity index (χ2v) is 8.32. The molecule has 2 saturated heterocycles. The molecular formula is C21H26ClN7O2. The maximum Gasteiger partial charge on any atom is 0.298 e. The summed E-state index contributed by atoms with van der Waals surface area (Å²) in [5, 5.41) is 18.7. The second-order valence-electron chi connectivity index (χ2n) is 7.88. The average Bonchev–Trinajstić information content (AvgIpc) is 3.23. The van der Waals surface area contributed by atoms with E-state index in [0.29, 0.717) is 16.6 Å². The minimum absolute atomic E-state index is 0.211. The van der Waals surface area contributed by atoms with E-state index < -0.39 is 0 Å². The van der Waals surface area contributed by atoms with Crippen LogP contribution in [0.2, 0.25) is 5.02 Å². The number of β-amino-alcohol motifs (C(OH)–C–C–N with tert-alkyl or cyclic N) is 1. The van der Waals surface area contributed by atoms with Crippen molar-refractivity contribution >= 4 is 40.4 Å². The second kappa shape index (κ2) is 8.86. The summed E-state index contributed by atoms with van der Waals surface area (Å²) in [6, 6.07) is 10.3. The van der Waals surface area contributed by atoms with Crippen LogP contribution in [-0.2, 0) is 0 Å². The topological polar surface area (TPSA) is 85.0 Å². The molecule has 1 N–H and O–H groups in total. The van der Waals surface area contributed by atoms with Gasteiger partial charge in [0.2, 0.25) is 0 Å². The van der Waals surface area contributed by atoms with Crippen molar-refractivity contribution in [2.24, 2.45) is 0 Å². The first-order valence-electron chi connectivity index (χ1n) is 10.7. The molecule has 10 heteroatoms. The van der Waals surface area contributed by atoms with Gasteiger partial charge in [0.1, 0.15) is 5.52 Å². The average molecular weight is 444 g/mol. The van der Waals surface area contributed by atoms with Crippen LogP contribution in [0.4, 0.5) is 17.7 Å². The molecule has 0 bridgehead atoms. The van der Waals surface area contributed by atoms with Crippen LogP contribution in [0.5, 0.6) is 0 Å². The zero-order valence-electron chi connectivity index (χ0n) is 17.3. The number of rotatable bonds is 5. The normalized spacial score (nSPS) is 18.2. The number of aromatic nitrogens is 3. The van der Waals surface area contributed by atoms with Gasteiger partial charge < -0.3 is 24.2 Å². The Bertz CT molecular complexity index is 1010. The lowest BCUT2D eigenvalue weighted by Crippen LogP contribution is -2.48. The SMILES string of the molecule is OCCN1CCN(c2ccc(N3CCN(c4nc5ccc(Cl)cc5o4)CC3)nn2)CC1. The van der Waals surface area contributed by atoms with Crippen molar-refractivity contribution in [3.05, 3.63) is 35.4 Å². The number of oxazole rings is 1. The van der Waals surface area contributed by atoms with E-state index in [-0.39, 0.29) is 6.61 Å². The van der Waals surface area contributed by atoms with E-state index in [0.717, 1.165) is 76.1 Å². The first-order valence-corrected chi connectivity index (χ1v) is 11.1. The highest BCUT2D eigenvalue weighted by Crippen LogP contribution is 2.26. The number of aliphatic hydroxyl groups excluding tert-OH is 1. The molecule has 164 valence electrons. The van der Waals surface area contributed by atoms with Crippen LogP contribution in [0.25, 0.3) is 11.1 Å². The fourth-order valence-electron chi connectivity index (χ4n) is 4.15. The molecular weight excluding hydrogens is 418 g/mol. The van der Waals surface area contributed by atoms with Gasteiger partial charge in [0.25, 0.3) is 6.01 Å². The van der Waals surface area contributed by atoms with Gasteiger partial charge in [-0.3, -0.25) is 4.90 Å². The zero-order valence-corrected chi connectivity index (χ0v) is 18.1. The Balaban J connectivity index is 1.18. The molecule has 31 heavy (non-hydrogen) atoms. The van der Waals surface area contributed by atoms with Crippen molar-refractivity contribution in [3.63, 3.8) is 0 Å². The molecule has 0 aliphatic carbocycles. The van der Waals surface area contributed by atoms with Crippen molar-refractivity contribution in [1.29, 1.82) is 0 Å². The van der Waals surface area contributed by atoms with Gasteiger partial charge in [-0.15, -0.1) is 10.2 Å². The minimum atomic E-state index is 0.211. The summed E-state index contributed by atoms with van der Waals surface area (Å²) >= 11 is 6.05. The van der Waals surface area contributed by atoms with E-state index in [2.05, 4.69) is 46.9 Å². The van der Waals surface area contributed by atoms with Crippen LogP contribution in [-0.4, -0.2) is 90.7 Å². The third-order valence-electron chi connectivity index (χ3n) is 5.96. The number of hydrogen-bond acceptors (Lipinski definition) is 9. The first-order chi connectivity index (χ1) is 15.2. The zero-order chi connectivity index (χ0) is 21.2. The number of piperazine rings is 2. The van der Waals surface area contributed by atoms with Gasteiger partial charge in [-0.1, -0.05) is 11.6 Å². The highest BCUT2D eigenvalue weighted by Gasteiger charge is 2.23. The van der Waals surface area contributed by atoms with Crippen molar-refractivity contribution in [2.75, 3.05) is 80.2 Å². The van der Waals surface area contributed by atoms with Crippen LogP contribution < -0.4 is 14.7 Å². The highest BCUT2D eigenvalue weighted by molar-refractivity contribution is 6.31. The van der Waals surface area contributed by atoms with Crippen LogP contribution in [0.1, 0.15) is 0 Å². The molecule has 2 aliphatic rings. The van der Waals surface area contributed by atoms with E-state index >= 15 is 0 Å². The molecule has 9 nitrogen and oxygen atoms in total. The smallest absolute Gasteiger partial charge is 0.298 e. The molecule has 5 rings (SSSR count). The van der Waals surface area contributed by atoms with Gasteiger partial charge >= 0.3 is 0 Å². The Morgan fingerprint density at radius 3 is 2.06 bits per heavy atom.